The number of hydrogen-bond acceptors (Lipinski definition) is 3. The summed E-state index contributed by atoms with van der Waals surface area (Å²) in [5, 5.41) is 23.1. The van der Waals surface area contributed by atoms with Gasteiger partial charge in [-0.05, 0) is 83.5 Å². The van der Waals surface area contributed by atoms with E-state index < -0.39 is 12.1 Å². The maximum absolute atomic E-state index is 12.4. The molecule has 0 aliphatic carbocycles. The fourth-order valence-electron chi connectivity index (χ4n) is 7.79. The minimum Gasteiger partial charge on any atom is -0.394 e. The third kappa shape index (κ3) is 48.6. The quantitative estimate of drug-likeness (QED) is 0.0422. The molecule has 2 unspecified atom stereocenters. The van der Waals surface area contributed by atoms with E-state index in [1.807, 2.05) is 6.08 Å². The Morgan fingerprint density at radius 1 is 0.403 bits per heavy atom. The number of carbonyl (C=O) groups is 1. The second kappa shape index (κ2) is 52.9. The zero-order chi connectivity index (χ0) is 44.9. The molecule has 62 heavy (non-hydrogen) atoms. The highest BCUT2D eigenvalue weighted by atomic mass is 16.3. The number of nitrogens with one attached hydrogen (secondary N) is 1. The number of rotatable bonds is 48. The third-order valence-corrected chi connectivity index (χ3v) is 11.8. The predicted molar refractivity (Wildman–Crippen MR) is 276 cm³/mol. The van der Waals surface area contributed by atoms with Gasteiger partial charge in [0.15, 0.2) is 0 Å². The summed E-state index contributed by atoms with van der Waals surface area (Å²) in [7, 11) is 0. The van der Waals surface area contributed by atoms with Crippen LogP contribution in [-0.4, -0.2) is 34.9 Å². The molecule has 0 aliphatic rings. The molecule has 0 aliphatic heterocycles. The summed E-state index contributed by atoms with van der Waals surface area (Å²) in [6, 6.07) is -0.659. The number of aliphatic hydroxyl groups excluding tert-OH is 2. The van der Waals surface area contributed by atoms with Gasteiger partial charge in [-0.2, -0.15) is 0 Å². The highest BCUT2D eigenvalue weighted by molar-refractivity contribution is 5.76. The van der Waals surface area contributed by atoms with E-state index >= 15 is 0 Å². The molecular weight excluding hydrogens is 759 g/mol. The van der Waals surface area contributed by atoms with Crippen molar-refractivity contribution in [3.05, 3.63) is 85.1 Å². The van der Waals surface area contributed by atoms with Gasteiger partial charge in [-0.15, -0.1) is 0 Å². The van der Waals surface area contributed by atoms with Crippen LogP contribution >= 0.6 is 0 Å². The molecule has 2 atom stereocenters. The largest absolute Gasteiger partial charge is 0.394 e. The highest BCUT2D eigenvalue weighted by Crippen LogP contribution is 2.16. The Kier molecular flexibility index (Phi) is 50.8. The van der Waals surface area contributed by atoms with Crippen molar-refractivity contribution in [2.45, 2.75) is 270 Å². The Morgan fingerprint density at radius 3 is 1.13 bits per heavy atom. The Hall–Kier alpha value is -2.43. The number of amides is 1. The number of aliphatic hydroxyl groups is 2. The summed E-state index contributed by atoms with van der Waals surface area (Å²) in [5.74, 6) is -0.0938. The van der Waals surface area contributed by atoms with Crippen LogP contribution in [0.5, 0.6) is 0 Å². The maximum atomic E-state index is 12.4. The number of allylic oxidation sites excluding steroid dienone is 13. The normalized spacial score (nSPS) is 13.5. The van der Waals surface area contributed by atoms with Crippen molar-refractivity contribution in [2.24, 2.45) is 0 Å². The van der Waals surface area contributed by atoms with Crippen LogP contribution in [0, 0.1) is 0 Å². The van der Waals surface area contributed by atoms with Crippen molar-refractivity contribution in [3.8, 4) is 0 Å². The summed E-state index contributed by atoms with van der Waals surface area (Å²) in [6.45, 7) is 4.18. The molecule has 0 aromatic rings. The molecular formula is C58H103NO3. The first-order valence-electron chi connectivity index (χ1n) is 26.8. The van der Waals surface area contributed by atoms with Gasteiger partial charge in [-0.25, -0.2) is 0 Å². The van der Waals surface area contributed by atoms with E-state index in [0.717, 1.165) is 77.0 Å². The lowest BCUT2D eigenvalue weighted by atomic mass is 10.0. The minimum absolute atomic E-state index is 0.0938. The predicted octanol–water partition coefficient (Wildman–Crippen LogP) is 17.6. The topological polar surface area (TPSA) is 69.6 Å². The Balaban J connectivity index is 3.60. The van der Waals surface area contributed by atoms with Crippen molar-refractivity contribution < 1.29 is 15.0 Å². The van der Waals surface area contributed by atoms with Gasteiger partial charge in [0.2, 0.25) is 5.91 Å². The summed E-state index contributed by atoms with van der Waals surface area (Å²) in [5.41, 5.74) is 0. The lowest BCUT2D eigenvalue weighted by molar-refractivity contribution is -0.123. The maximum Gasteiger partial charge on any atom is 0.220 e. The van der Waals surface area contributed by atoms with Crippen LogP contribution in [0.2, 0.25) is 0 Å². The SMILES string of the molecule is CC/C=C\C/C=C\C/C=C\C/C=C\CCCCCCCCC(=O)NC(CO)C(O)/C=C/CC/C=C/CC/C=C/CCCCCCCCCCCCCCCCCCCCCCC. The lowest BCUT2D eigenvalue weighted by Gasteiger charge is -2.19. The Labute approximate surface area is 386 Å². The standard InChI is InChI=1S/C58H103NO3/c1-3-5-7-9-11-13-15-17-19-21-23-24-25-26-27-28-29-30-31-32-33-34-36-37-39-41-43-45-47-49-51-53-57(61)56(55-60)59-58(62)54-52-50-48-46-44-42-40-38-35-22-20-18-16-14-12-10-8-6-4-2/h6,8,12,14,18,20,35-38,43,45,51,53,56-57,60-61H,3-5,7,9-11,13,15-17,19,21-34,39-42,44,46-50,52,54-55H2,1-2H3,(H,59,62)/b8-6-,14-12-,20-18-,37-36+,38-35-,45-43+,53-51+. The Morgan fingerprint density at radius 2 is 0.726 bits per heavy atom. The van der Waals surface area contributed by atoms with E-state index in [2.05, 4.69) is 92.1 Å². The minimum atomic E-state index is -0.882. The fourth-order valence-corrected chi connectivity index (χ4v) is 7.79. The molecule has 0 rings (SSSR count). The Bertz CT molecular complexity index is 1110. The van der Waals surface area contributed by atoms with Crippen molar-refractivity contribution in [1.29, 1.82) is 0 Å². The van der Waals surface area contributed by atoms with E-state index in [0.29, 0.717) is 6.42 Å². The van der Waals surface area contributed by atoms with Gasteiger partial charge in [0, 0.05) is 6.42 Å². The summed E-state index contributed by atoms with van der Waals surface area (Å²) in [4.78, 5) is 12.4. The van der Waals surface area contributed by atoms with Gasteiger partial charge < -0.3 is 15.5 Å². The molecule has 0 bridgehead atoms. The van der Waals surface area contributed by atoms with Crippen LogP contribution in [0.15, 0.2) is 85.1 Å². The lowest BCUT2D eigenvalue weighted by Crippen LogP contribution is -2.45. The van der Waals surface area contributed by atoms with Gasteiger partial charge in [0.1, 0.15) is 0 Å². The molecule has 0 saturated carbocycles. The number of carbonyl (C=O) groups excluding carboxylic acids is 1. The molecule has 3 N–H and O–H groups in total. The second-order valence-electron chi connectivity index (χ2n) is 17.9. The molecule has 0 radical (unpaired) electrons. The molecule has 4 nitrogen and oxygen atoms in total. The second-order valence-corrected chi connectivity index (χ2v) is 17.9. The molecule has 0 saturated heterocycles. The van der Waals surface area contributed by atoms with Gasteiger partial charge in [-0.3, -0.25) is 4.79 Å². The first kappa shape index (κ1) is 59.6. The zero-order valence-corrected chi connectivity index (χ0v) is 41.1. The molecule has 0 aromatic heterocycles. The van der Waals surface area contributed by atoms with E-state index in [-0.39, 0.29) is 12.5 Å². The first-order valence-corrected chi connectivity index (χ1v) is 26.8. The molecule has 0 fully saturated rings. The van der Waals surface area contributed by atoms with Crippen molar-refractivity contribution in [3.63, 3.8) is 0 Å². The average Bonchev–Trinajstić information content (AvgIpc) is 3.28. The smallest absolute Gasteiger partial charge is 0.220 e. The summed E-state index contributed by atoms with van der Waals surface area (Å²) < 4.78 is 0. The van der Waals surface area contributed by atoms with Gasteiger partial charge in [0.05, 0.1) is 18.8 Å². The summed E-state index contributed by atoms with van der Waals surface area (Å²) >= 11 is 0. The van der Waals surface area contributed by atoms with Crippen LogP contribution in [0.4, 0.5) is 0 Å². The molecule has 358 valence electrons. The number of hydrogen-bond donors (Lipinski definition) is 3. The van der Waals surface area contributed by atoms with Crippen LogP contribution in [0.25, 0.3) is 0 Å². The van der Waals surface area contributed by atoms with Crippen molar-refractivity contribution >= 4 is 5.91 Å². The van der Waals surface area contributed by atoms with Crippen LogP contribution in [0.3, 0.4) is 0 Å². The summed E-state index contributed by atoms with van der Waals surface area (Å²) in [6.07, 6.45) is 77.4. The molecule has 0 spiro atoms. The van der Waals surface area contributed by atoms with Crippen LogP contribution in [0.1, 0.15) is 258 Å². The highest BCUT2D eigenvalue weighted by Gasteiger charge is 2.17. The van der Waals surface area contributed by atoms with Crippen molar-refractivity contribution in [1.82, 2.24) is 5.32 Å². The van der Waals surface area contributed by atoms with Crippen LogP contribution in [-0.2, 0) is 4.79 Å². The fraction of sp³-hybridized carbons (Fsp3) is 0.741. The monoisotopic (exact) mass is 862 g/mol. The zero-order valence-electron chi connectivity index (χ0n) is 41.1. The van der Waals surface area contributed by atoms with E-state index in [1.54, 1.807) is 6.08 Å². The molecule has 0 aromatic carbocycles. The number of unbranched alkanes of at least 4 members (excludes halogenated alkanes) is 29. The first-order chi connectivity index (χ1) is 30.7. The molecule has 0 heterocycles. The average molecular weight is 862 g/mol. The van der Waals surface area contributed by atoms with Gasteiger partial charge >= 0.3 is 0 Å². The van der Waals surface area contributed by atoms with Gasteiger partial charge in [0.25, 0.3) is 0 Å². The van der Waals surface area contributed by atoms with E-state index in [1.165, 1.54) is 161 Å². The van der Waals surface area contributed by atoms with E-state index in [4.69, 9.17) is 0 Å². The van der Waals surface area contributed by atoms with Gasteiger partial charge in [-0.1, -0.05) is 253 Å². The van der Waals surface area contributed by atoms with Crippen LogP contribution < -0.4 is 5.32 Å². The molecule has 1 amide bonds. The van der Waals surface area contributed by atoms with E-state index in [9.17, 15) is 15.0 Å². The third-order valence-electron chi connectivity index (χ3n) is 11.8. The van der Waals surface area contributed by atoms with Crippen molar-refractivity contribution in [2.75, 3.05) is 6.61 Å². The molecule has 4 heteroatoms.